The number of halogens is 7. The number of benzene rings is 2. The molecule has 1 N–H and O–H groups in total. The first kappa shape index (κ1) is 36.4. The van der Waals surface area contributed by atoms with Crippen LogP contribution >= 0.6 is 45.8 Å². The summed E-state index contributed by atoms with van der Waals surface area (Å²) in [6, 6.07) is 8.35. The number of aromatic nitrogens is 1. The molecule has 0 radical (unpaired) electrons. The second-order valence-corrected chi connectivity index (χ2v) is 15.3. The van der Waals surface area contributed by atoms with Crippen molar-refractivity contribution in [3.63, 3.8) is 0 Å². The summed E-state index contributed by atoms with van der Waals surface area (Å²) in [5.41, 5.74) is -1.61. The number of phenols is 1. The molecule has 3 heterocycles. The molecule has 2 saturated heterocycles. The number of carbonyl (C=O) groups excluding carboxylic acids is 4. The number of hydrazine groups is 1. The number of fused-ring (bicyclic) bond motifs is 4. The van der Waals surface area contributed by atoms with Crippen LogP contribution in [-0.2, 0) is 25.4 Å². The highest BCUT2D eigenvalue weighted by atomic mass is 127. The van der Waals surface area contributed by atoms with Gasteiger partial charge < -0.3 is 9.84 Å². The number of methoxy groups -OCH3 is 1. The number of carbonyl (C=O) groups is 4. The lowest BCUT2D eigenvalue weighted by molar-refractivity contribution is -0.141. The SMILES string of the molecule is COc1cc([C@H]2C3=CC[C@@H]4C(=O)N(N(C)c5nc(C(F)(F)F)ccc5Cl)C(=O)[C@@H]4[C@@H]3C[C@H]3C(=O)N(c4ccc(F)c(Cl)c4)C(=O)[C@@]23C)cc(I)c1O. The topological polar surface area (TPSA) is 120 Å². The second-order valence-electron chi connectivity index (χ2n) is 13.3. The summed E-state index contributed by atoms with van der Waals surface area (Å²) in [5, 5.41) is 11.8. The molecule has 4 aliphatic rings. The van der Waals surface area contributed by atoms with E-state index in [0.29, 0.717) is 20.8 Å². The Morgan fingerprint density at radius 2 is 1.73 bits per heavy atom. The van der Waals surface area contributed by atoms with Crippen LogP contribution in [0.25, 0.3) is 0 Å². The van der Waals surface area contributed by atoms with E-state index in [1.807, 2.05) is 22.6 Å². The van der Waals surface area contributed by atoms with Gasteiger partial charge in [0.2, 0.25) is 11.8 Å². The van der Waals surface area contributed by atoms with Gasteiger partial charge in [-0.25, -0.2) is 14.3 Å². The molecular weight excluding hydrogens is 846 g/mol. The molecule has 0 spiro atoms. The van der Waals surface area contributed by atoms with E-state index >= 15 is 0 Å². The summed E-state index contributed by atoms with van der Waals surface area (Å²) >= 11 is 14.2. The van der Waals surface area contributed by atoms with Crippen LogP contribution in [-0.4, -0.2) is 52.9 Å². The number of allylic oxidation sites excluding steroid dienone is 2. The molecular formula is C35H27Cl2F4IN4O6. The Morgan fingerprint density at radius 3 is 2.38 bits per heavy atom. The average molecular weight is 873 g/mol. The third-order valence-corrected chi connectivity index (χ3v) is 12.1. The molecule has 1 aromatic heterocycles. The van der Waals surface area contributed by atoms with Crippen molar-refractivity contribution in [2.45, 2.75) is 31.9 Å². The Balaban J connectivity index is 1.35. The number of nitrogens with zero attached hydrogens (tertiary/aromatic N) is 4. The summed E-state index contributed by atoms with van der Waals surface area (Å²) < 4.78 is 60.7. The lowest BCUT2D eigenvalue weighted by atomic mass is 9.51. The molecule has 2 aliphatic carbocycles. The van der Waals surface area contributed by atoms with Crippen LogP contribution in [0.3, 0.4) is 0 Å². The highest BCUT2D eigenvalue weighted by Gasteiger charge is 2.68. The van der Waals surface area contributed by atoms with E-state index in [1.54, 1.807) is 25.1 Å². The molecule has 1 saturated carbocycles. The Labute approximate surface area is 317 Å². The van der Waals surface area contributed by atoms with Crippen molar-refractivity contribution in [3.05, 3.63) is 84.8 Å². The van der Waals surface area contributed by atoms with E-state index < -0.39 is 82.1 Å². The van der Waals surface area contributed by atoms with E-state index in [-0.39, 0.29) is 40.1 Å². The molecule has 4 amide bonds. The maximum atomic E-state index is 14.6. The average Bonchev–Trinajstić information content (AvgIpc) is 3.46. The van der Waals surface area contributed by atoms with Gasteiger partial charge in [0.25, 0.3) is 11.8 Å². The quantitative estimate of drug-likeness (QED) is 0.124. The second kappa shape index (κ2) is 12.6. The van der Waals surface area contributed by atoms with Crippen molar-refractivity contribution in [2.75, 3.05) is 24.1 Å². The van der Waals surface area contributed by atoms with E-state index in [2.05, 4.69) is 4.98 Å². The van der Waals surface area contributed by atoms with Crippen molar-refractivity contribution in [1.29, 1.82) is 0 Å². The third kappa shape index (κ3) is 5.28. The Bertz CT molecular complexity index is 2130. The first-order valence-electron chi connectivity index (χ1n) is 15.9. The summed E-state index contributed by atoms with van der Waals surface area (Å²) in [6.07, 6.45) is -3.05. The number of rotatable bonds is 5. The minimum absolute atomic E-state index is 0.0398. The van der Waals surface area contributed by atoms with Gasteiger partial charge in [-0.1, -0.05) is 34.9 Å². The fourth-order valence-corrected chi connectivity index (χ4v) is 9.40. The number of hydrogen-bond acceptors (Lipinski definition) is 8. The van der Waals surface area contributed by atoms with Crippen LogP contribution < -0.4 is 14.6 Å². The summed E-state index contributed by atoms with van der Waals surface area (Å²) in [4.78, 5) is 62.0. The van der Waals surface area contributed by atoms with Crippen LogP contribution in [0.2, 0.25) is 10.0 Å². The van der Waals surface area contributed by atoms with E-state index in [9.17, 15) is 41.8 Å². The molecule has 2 aromatic carbocycles. The lowest BCUT2D eigenvalue weighted by Crippen LogP contribution is -2.49. The largest absolute Gasteiger partial charge is 0.504 e. The summed E-state index contributed by atoms with van der Waals surface area (Å²) in [7, 11) is 2.57. The van der Waals surface area contributed by atoms with Crippen LogP contribution in [0, 0.1) is 38.5 Å². The van der Waals surface area contributed by atoms with Gasteiger partial charge in [0.15, 0.2) is 17.3 Å². The van der Waals surface area contributed by atoms with Crippen LogP contribution in [0.4, 0.5) is 29.1 Å². The monoisotopic (exact) mass is 872 g/mol. The molecule has 0 unspecified atom stereocenters. The highest BCUT2D eigenvalue weighted by molar-refractivity contribution is 14.1. The van der Waals surface area contributed by atoms with Crippen molar-refractivity contribution in [3.8, 4) is 11.5 Å². The van der Waals surface area contributed by atoms with Gasteiger partial charge in [0.1, 0.15) is 11.5 Å². The molecule has 6 atom stereocenters. The predicted octanol–water partition coefficient (Wildman–Crippen LogP) is 7.15. The smallest absolute Gasteiger partial charge is 0.433 e. The first-order chi connectivity index (χ1) is 24.4. The lowest BCUT2D eigenvalue weighted by Gasteiger charge is -2.49. The zero-order valence-electron chi connectivity index (χ0n) is 27.3. The van der Waals surface area contributed by atoms with E-state index in [1.165, 1.54) is 26.3 Å². The van der Waals surface area contributed by atoms with Gasteiger partial charge in [-0.15, -0.1) is 0 Å². The highest BCUT2D eigenvalue weighted by Crippen LogP contribution is 2.64. The van der Waals surface area contributed by atoms with Crippen molar-refractivity contribution in [1.82, 2.24) is 9.99 Å². The molecule has 17 heteroatoms. The summed E-state index contributed by atoms with van der Waals surface area (Å²) in [6.45, 7) is 1.64. The number of amides is 4. The van der Waals surface area contributed by atoms with Crippen molar-refractivity contribution in [2.24, 2.45) is 29.1 Å². The van der Waals surface area contributed by atoms with Crippen LogP contribution in [0.5, 0.6) is 11.5 Å². The van der Waals surface area contributed by atoms with Crippen molar-refractivity contribution >= 4 is 80.9 Å². The number of pyridine rings is 1. The maximum absolute atomic E-state index is 14.6. The molecule has 7 rings (SSSR count). The standard InChI is InChI=1S/C35H27Cl2F4IN4O6/c1-34-19(31(49)45(33(34)51)15-4-8-22(38)21(37)12-15)13-18-16(27(34)14-10-23(42)28(47)24(11-14)52-3)5-6-17-26(18)32(50)46(30(17)48)44(2)29-20(36)7-9-25(43-29)35(39,40)41/h4-5,7-12,17-19,26-27,47H,6,13H2,1-3H3/t17-,18+,19-,26-,27-,34+/m0/s1. The van der Waals surface area contributed by atoms with Crippen LogP contribution in [0.1, 0.15) is 36.9 Å². The molecule has 272 valence electrons. The van der Waals surface area contributed by atoms with E-state index in [0.717, 1.165) is 27.1 Å². The van der Waals surface area contributed by atoms with Gasteiger partial charge in [-0.05, 0) is 96.3 Å². The van der Waals surface area contributed by atoms with Gasteiger partial charge in [0, 0.05) is 13.0 Å². The van der Waals surface area contributed by atoms with Gasteiger partial charge in [-0.3, -0.25) is 24.2 Å². The molecule has 52 heavy (non-hydrogen) atoms. The number of phenolic OH excluding ortho intramolecular Hbond substituents is 1. The number of ether oxygens (including phenoxy) is 1. The first-order valence-corrected chi connectivity index (χ1v) is 17.7. The van der Waals surface area contributed by atoms with Gasteiger partial charge in [0.05, 0.1) is 49.6 Å². The summed E-state index contributed by atoms with van der Waals surface area (Å²) in [5.74, 6) is -8.64. The normalized spacial score (nSPS) is 27.0. The number of imide groups is 2. The zero-order valence-corrected chi connectivity index (χ0v) is 31.0. The van der Waals surface area contributed by atoms with E-state index in [4.69, 9.17) is 27.9 Å². The number of anilines is 2. The van der Waals surface area contributed by atoms with Gasteiger partial charge in [-0.2, -0.15) is 18.2 Å². The zero-order chi connectivity index (χ0) is 37.8. The fraction of sp³-hybridized carbons (Fsp3) is 0.343. The third-order valence-electron chi connectivity index (χ3n) is 10.7. The Morgan fingerprint density at radius 1 is 1.02 bits per heavy atom. The molecule has 2 aliphatic heterocycles. The van der Waals surface area contributed by atoms with Crippen LogP contribution in [0.15, 0.2) is 54.1 Å². The predicted molar refractivity (Wildman–Crippen MR) is 188 cm³/mol. The molecule has 0 bridgehead atoms. The number of alkyl halides is 3. The number of hydrogen-bond donors (Lipinski definition) is 1. The minimum Gasteiger partial charge on any atom is -0.504 e. The minimum atomic E-state index is -4.83. The van der Waals surface area contributed by atoms with Crippen molar-refractivity contribution < 1.29 is 46.6 Å². The fourth-order valence-electron chi connectivity index (χ4n) is 8.37. The van der Waals surface area contributed by atoms with Gasteiger partial charge >= 0.3 is 6.18 Å². The number of aromatic hydroxyl groups is 1. The Hall–Kier alpha value is -3.96. The maximum Gasteiger partial charge on any atom is 0.433 e. The molecule has 3 fully saturated rings. The molecule has 10 nitrogen and oxygen atoms in total. The Kier molecular flexibility index (Phi) is 8.80. The molecule has 3 aromatic rings.